The van der Waals surface area contributed by atoms with Crippen molar-refractivity contribution in [3.63, 3.8) is 0 Å². The first-order valence-corrected chi connectivity index (χ1v) is 3.83. The van der Waals surface area contributed by atoms with Crippen LogP contribution in [0.3, 0.4) is 0 Å². The average molecular weight is 162 g/mol. The monoisotopic (exact) mass is 162 g/mol. The summed E-state index contributed by atoms with van der Waals surface area (Å²) < 4.78 is 0. The second-order valence-corrected chi connectivity index (χ2v) is 2.81. The van der Waals surface area contributed by atoms with Crippen LogP contribution in [-0.2, 0) is 0 Å². The van der Waals surface area contributed by atoms with Crippen molar-refractivity contribution >= 4 is 11.8 Å². The summed E-state index contributed by atoms with van der Waals surface area (Å²) in [4.78, 5) is 9.73. The van der Waals surface area contributed by atoms with E-state index in [-0.39, 0.29) is 11.5 Å². The van der Waals surface area contributed by atoms with Gasteiger partial charge in [-0.3, -0.25) is 10.1 Å². The van der Waals surface area contributed by atoms with E-state index < -0.39 is 5.37 Å². The highest BCUT2D eigenvalue weighted by Crippen LogP contribution is 2.09. The van der Waals surface area contributed by atoms with E-state index in [0.717, 1.165) is 0 Å². The molecule has 58 valence electrons. The maximum Gasteiger partial charge on any atom is 0.270 e. The third kappa shape index (κ3) is 3.47. The van der Waals surface area contributed by atoms with Gasteiger partial charge in [-0.05, 0) is 0 Å². The van der Waals surface area contributed by atoms with Gasteiger partial charge in [0.1, 0.15) is 0 Å². The molecule has 0 bridgehead atoms. The Morgan fingerprint density at radius 3 is 2.80 bits per heavy atom. The molecule has 10 heavy (non-hydrogen) atoms. The minimum absolute atomic E-state index is 0.0749. The predicted octanol–water partition coefficient (Wildman–Crippen LogP) is 0.467. The third-order valence-corrected chi connectivity index (χ3v) is 2.02. The molecule has 0 saturated heterocycles. The Balaban J connectivity index is 3.60. The lowest BCUT2D eigenvalue weighted by molar-refractivity contribution is -0.492. The van der Waals surface area contributed by atoms with Gasteiger partial charge in [-0.1, -0.05) is 17.8 Å². The van der Waals surface area contributed by atoms with Crippen LogP contribution in [-0.4, -0.2) is 22.6 Å². The second kappa shape index (κ2) is 5.25. The molecule has 5 heteroatoms. The summed E-state index contributed by atoms with van der Waals surface area (Å²) >= 11 is 1.19. The van der Waals surface area contributed by atoms with Crippen molar-refractivity contribution in [2.24, 2.45) is 5.73 Å². The van der Waals surface area contributed by atoms with Gasteiger partial charge in [0.05, 0.1) is 6.54 Å². The Labute approximate surface area is 63.6 Å². The van der Waals surface area contributed by atoms with Crippen molar-refractivity contribution in [1.29, 1.82) is 0 Å². The van der Waals surface area contributed by atoms with Gasteiger partial charge in [0.2, 0.25) is 0 Å². The summed E-state index contributed by atoms with van der Waals surface area (Å²) in [7, 11) is 0. The smallest absolute Gasteiger partial charge is 0.270 e. The number of rotatable bonds is 5. The first-order valence-electron chi connectivity index (χ1n) is 2.78. The molecule has 0 aliphatic carbocycles. The van der Waals surface area contributed by atoms with Crippen molar-refractivity contribution < 1.29 is 4.92 Å². The second-order valence-electron chi connectivity index (χ2n) is 1.60. The number of nitrogens with two attached hydrogens (primary N) is 1. The summed E-state index contributed by atoms with van der Waals surface area (Å²) in [5.74, 6) is 0.572. The van der Waals surface area contributed by atoms with E-state index in [1.54, 1.807) is 6.08 Å². The summed E-state index contributed by atoms with van der Waals surface area (Å²) in [6.07, 6.45) is 1.62. The van der Waals surface area contributed by atoms with E-state index >= 15 is 0 Å². The summed E-state index contributed by atoms with van der Waals surface area (Å²) in [6.45, 7) is 3.52. The number of thioether (sulfide) groups is 1. The number of nitro groups is 1. The molecule has 1 unspecified atom stereocenters. The van der Waals surface area contributed by atoms with Gasteiger partial charge >= 0.3 is 0 Å². The van der Waals surface area contributed by atoms with E-state index in [9.17, 15) is 10.1 Å². The minimum atomic E-state index is -0.682. The Morgan fingerprint density at radius 2 is 2.50 bits per heavy atom. The molecule has 0 saturated carbocycles. The van der Waals surface area contributed by atoms with E-state index in [1.807, 2.05) is 0 Å². The molecule has 0 aromatic rings. The maximum atomic E-state index is 10.1. The largest absolute Gasteiger partial charge is 0.324 e. The molecule has 0 aromatic carbocycles. The quantitative estimate of drug-likeness (QED) is 0.276. The molecule has 0 aromatic heterocycles. The average Bonchev–Trinajstić information content (AvgIpc) is 1.89. The zero-order valence-corrected chi connectivity index (χ0v) is 6.34. The van der Waals surface area contributed by atoms with Crippen LogP contribution in [0.1, 0.15) is 0 Å². The zero-order chi connectivity index (χ0) is 7.98. The van der Waals surface area contributed by atoms with Gasteiger partial charge in [0, 0.05) is 10.7 Å². The van der Waals surface area contributed by atoms with Crippen LogP contribution in [0.4, 0.5) is 0 Å². The van der Waals surface area contributed by atoms with Crippen LogP contribution in [0.25, 0.3) is 0 Å². The van der Waals surface area contributed by atoms with Gasteiger partial charge in [0.15, 0.2) is 0 Å². The molecule has 0 fully saturated rings. The number of hydrogen-bond donors (Lipinski definition) is 1. The predicted molar refractivity (Wildman–Crippen MR) is 42.5 cm³/mol. The summed E-state index contributed by atoms with van der Waals surface area (Å²) in [5.41, 5.74) is 5.12. The Morgan fingerprint density at radius 1 is 1.90 bits per heavy atom. The van der Waals surface area contributed by atoms with E-state index in [0.29, 0.717) is 5.75 Å². The van der Waals surface area contributed by atoms with Crippen LogP contribution < -0.4 is 5.73 Å². The molecule has 0 aliphatic heterocycles. The van der Waals surface area contributed by atoms with Crippen molar-refractivity contribution in [3.8, 4) is 0 Å². The van der Waals surface area contributed by atoms with Gasteiger partial charge in [0.25, 0.3) is 5.37 Å². The van der Waals surface area contributed by atoms with Crippen LogP contribution in [0.5, 0.6) is 0 Å². The third-order valence-electron chi connectivity index (χ3n) is 0.843. The minimum Gasteiger partial charge on any atom is -0.324 e. The van der Waals surface area contributed by atoms with Crippen molar-refractivity contribution in [2.75, 3.05) is 12.3 Å². The molecule has 0 aliphatic rings. The highest BCUT2D eigenvalue weighted by molar-refractivity contribution is 7.99. The van der Waals surface area contributed by atoms with Crippen molar-refractivity contribution in [2.45, 2.75) is 5.37 Å². The van der Waals surface area contributed by atoms with Crippen LogP contribution >= 0.6 is 11.8 Å². The van der Waals surface area contributed by atoms with Crippen LogP contribution in [0, 0.1) is 10.1 Å². The Kier molecular flexibility index (Phi) is 4.96. The molecule has 2 N–H and O–H groups in total. The number of nitrogens with zero attached hydrogens (tertiary/aromatic N) is 1. The summed E-state index contributed by atoms with van der Waals surface area (Å²) in [6, 6.07) is 0. The number of hydrogen-bond acceptors (Lipinski definition) is 4. The maximum absolute atomic E-state index is 10.1. The lowest BCUT2D eigenvalue weighted by Gasteiger charge is -2.02. The molecule has 0 heterocycles. The normalized spacial score (nSPS) is 12.5. The van der Waals surface area contributed by atoms with Crippen LogP contribution in [0.15, 0.2) is 12.7 Å². The van der Waals surface area contributed by atoms with Gasteiger partial charge in [-0.15, -0.1) is 6.58 Å². The van der Waals surface area contributed by atoms with E-state index in [2.05, 4.69) is 6.58 Å². The molecule has 0 radical (unpaired) electrons. The molecular formula is C5H10N2O2S. The first kappa shape index (κ1) is 9.45. The van der Waals surface area contributed by atoms with Crippen molar-refractivity contribution in [1.82, 2.24) is 0 Å². The Hall–Kier alpha value is -0.550. The molecule has 1 atom stereocenters. The highest BCUT2D eigenvalue weighted by Gasteiger charge is 2.16. The van der Waals surface area contributed by atoms with E-state index in [4.69, 9.17) is 5.73 Å². The van der Waals surface area contributed by atoms with Crippen LogP contribution in [0.2, 0.25) is 0 Å². The van der Waals surface area contributed by atoms with Gasteiger partial charge in [-0.25, -0.2) is 0 Å². The molecule has 0 amide bonds. The Bertz CT molecular complexity index is 129. The molecule has 0 rings (SSSR count). The van der Waals surface area contributed by atoms with Gasteiger partial charge < -0.3 is 5.73 Å². The summed E-state index contributed by atoms with van der Waals surface area (Å²) in [5, 5.41) is 9.42. The van der Waals surface area contributed by atoms with Gasteiger partial charge in [-0.2, -0.15) is 0 Å². The topological polar surface area (TPSA) is 69.2 Å². The molecule has 4 nitrogen and oxygen atoms in total. The zero-order valence-electron chi connectivity index (χ0n) is 5.53. The highest BCUT2D eigenvalue weighted by atomic mass is 32.2. The first-order chi connectivity index (χ1) is 4.72. The fourth-order valence-corrected chi connectivity index (χ4v) is 1.01. The lowest BCUT2D eigenvalue weighted by atomic mass is 10.7. The standard InChI is InChI=1S/C5H10N2O2S/c1-2-3-10-5(4-6)7(8)9/h2,5H,1,3-4,6H2. The fourth-order valence-electron chi connectivity index (χ4n) is 0.394. The molecular weight excluding hydrogens is 152 g/mol. The fraction of sp³-hybridized carbons (Fsp3) is 0.600. The SMILES string of the molecule is C=CCSC(CN)[N+](=O)[O-]. The van der Waals surface area contributed by atoms with E-state index in [1.165, 1.54) is 11.8 Å². The van der Waals surface area contributed by atoms with Crippen molar-refractivity contribution in [3.05, 3.63) is 22.8 Å². The lowest BCUT2D eigenvalue weighted by Crippen LogP contribution is -2.25. The molecule has 0 spiro atoms.